The Morgan fingerprint density at radius 3 is 2.52 bits per heavy atom. The normalized spacial score (nSPS) is 21.9. The molecule has 1 aromatic rings. The highest BCUT2D eigenvalue weighted by Gasteiger charge is 2.34. The van der Waals surface area contributed by atoms with E-state index < -0.39 is 26.6 Å². The highest BCUT2D eigenvalue weighted by molar-refractivity contribution is 7.89. The second-order valence-electron chi connectivity index (χ2n) is 4.69. The van der Waals surface area contributed by atoms with Crippen molar-refractivity contribution < 1.29 is 23.1 Å². The first-order valence-electron chi connectivity index (χ1n) is 6.02. The molecule has 6 nitrogen and oxygen atoms in total. The zero-order valence-electron chi connectivity index (χ0n) is 11.0. The first-order chi connectivity index (χ1) is 9.76. The molecule has 1 fully saturated rings. The van der Waals surface area contributed by atoms with E-state index in [0.29, 0.717) is 12.8 Å². The fraction of sp³-hybridized carbons (Fsp3) is 0.417. The van der Waals surface area contributed by atoms with Gasteiger partial charge in [-0.25, -0.2) is 17.9 Å². The average Bonchev–Trinajstić information content (AvgIpc) is 2.32. The van der Waals surface area contributed by atoms with Crippen LogP contribution in [0.1, 0.15) is 23.2 Å². The number of halogens is 2. The molecule has 1 aromatic carbocycles. The van der Waals surface area contributed by atoms with E-state index in [4.69, 9.17) is 33.0 Å². The minimum absolute atomic E-state index is 0.0352. The van der Waals surface area contributed by atoms with E-state index in [1.165, 1.54) is 12.1 Å². The lowest BCUT2D eigenvalue weighted by atomic mass is 9.90. The molecule has 2 N–H and O–H groups in total. The molecule has 0 unspecified atom stereocenters. The van der Waals surface area contributed by atoms with Gasteiger partial charge in [-0.3, -0.25) is 0 Å². The van der Waals surface area contributed by atoms with E-state index >= 15 is 0 Å². The maximum Gasteiger partial charge on any atom is 0.338 e. The number of carbonyl (C=O) groups is 1. The predicted molar refractivity (Wildman–Crippen MR) is 77.6 cm³/mol. The molecule has 0 spiro atoms. The molecule has 21 heavy (non-hydrogen) atoms. The summed E-state index contributed by atoms with van der Waals surface area (Å²) in [6, 6.07) is 2.13. The van der Waals surface area contributed by atoms with Crippen LogP contribution in [-0.2, 0) is 14.8 Å². The van der Waals surface area contributed by atoms with Gasteiger partial charge in [-0.05, 0) is 25.0 Å². The van der Waals surface area contributed by atoms with Crippen molar-refractivity contribution in [2.45, 2.75) is 29.9 Å². The molecule has 1 saturated carbocycles. The Balaban J connectivity index is 2.29. The summed E-state index contributed by atoms with van der Waals surface area (Å²) in [4.78, 5) is 10.8. The van der Waals surface area contributed by atoms with Crippen molar-refractivity contribution in [1.29, 1.82) is 0 Å². The van der Waals surface area contributed by atoms with Crippen LogP contribution in [0.4, 0.5) is 0 Å². The zero-order valence-corrected chi connectivity index (χ0v) is 13.3. The molecule has 2 rings (SSSR count). The van der Waals surface area contributed by atoms with Crippen LogP contribution in [0.5, 0.6) is 0 Å². The summed E-state index contributed by atoms with van der Waals surface area (Å²) >= 11 is 11.6. The molecule has 0 aromatic heterocycles. The fourth-order valence-electron chi connectivity index (χ4n) is 2.07. The molecule has 0 heterocycles. The van der Waals surface area contributed by atoms with Gasteiger partial charge in [-0.2, -0.15) is 0 Å². The van der Waals surface area contributed by atoms with E-state index in [1.807, 2.05) is 0 Å². The van der Waals surface area contributed by atoms with Crippen molar-refractivity contribution in [2.24, 2.45) is 0 Å². The summed E-state index contributed by atoms with van der Waals surface area (Å²) in [5.41, 5.74) is -0.426. The molecule has 0 saturated heterocycles. The number of rotatable bonds is 5. The van der Waals surface area contributed by atoms with Crippen molar-refractivity contribution >= 4 is 39.2 Å². The smallest absolute Gasteiger partial charge is 0.338 e. The Hall–Kier alpha value is -0.860. The molecule has 0 amide bonds. The maximum absolute atomic E-state index is 12.3. The van der Waals surface area contributed by atoms with Crippen molar-refractivity contribution in [2.75, 3.05) is 7.11 Å². The standard InChI is InChI=1S/C12H13Cl2NO5S/c1-20-7-4-6(5-7)15-21(18,19)9-3-2-8(13)10(11(9)14)12(16)17/h2-3,6-7,15H,4-5H2,1H3,(H,16,17). The Labute approximate surface area is 132 Å². The number of ether oxygens (including phenoxy) is 1. The third-order valence-corrected chi connectivity index (χ3v) is 5.69. The number of hydrogen-bond acceptors (Lipinski definition) is 4. The van der Waals surface area contributed by atoms with Gasteiger partial charge in [0.1, 0.15) is 4.90 Å². The third kappa shape index (κ3) is 3.32. The van der Waals surface area contributed by atoms with Crippen LogP contribution in [-0.4, -0.2) is 38.7 Å². The summed E-state index contributed by atoms with van der Waals surface area (Å²) in [6.07, 6.45) is 1.16. The lowest BCUT2D eigenvalue weighted by Gasteiger charge is -2.34. The SMILES string of the molecule is COC1CC(NS(=O)(=O)c2ccc(Cl)c(C(=O)O)c2Cl)C1. The molecule has 116 valence electrons. The molecule has 1 aliphatic carbocycles. The molecule has 1 aliphatic rings. The van der Waals surface area contributed by atoms with Gasteiger partial charge in [-0.1, -0.05) is 23.2 Å². The van der Waals surface area contributed by atoms with Gasteiger partial charge < -0.3 is 9.84 Å². The second kappa shape index (κ2) is 6.10. The van der Waals surface area contributed by atoms with Gasteiger partial charge in [0.15, 0.2) is 0 Å². The van der Waals surface area contributed by atoms with Crippen molar-refractivity contribution in [1.82, 2.24) is 4.72 Å². The molecule has 9 heteroatoms. The molecule has 0 bridgehead atoms. The maximum atomic E-state index is 12.3. The van der Waals surface area contributed by atoms with E-state index in [0.717, 1.165) is 0 Å². The van der Waals surface area contributed by atoms with Gasteiger partial charge in [-0.15, -0.1) is 0 Å². The predicted octanol–water partition coefficient (Wildman–Crippen LogP) is 2.15. The largest absolute Gasteiger partial charge is 0.478 e. The number of hydrogen-bond donors (Lipinski definition) is 2. The van der Waals surface area contributed by atoms with E-state index in [-0.39, 0.29) is 22.1 Å². The third-order valence-electron chi connectivity index (χ3n) is 3.31. The van der Waals surface area contributed by atoms with Crippen LogP contribution >= 0.6 is 23.2 Å². The Kier molecular flexibility index (Phi) is 4.79. The number of nitrogens with one attached hydrogen (secondary N) is 1. The number of carboxylic acids is 1. The highest BCUT2D eigenvalue weighted by atomic mass is 35.5. The fourth-order valence-corrected chi connectivity index (χ4v) is 4.25. The summed E-state index contributed by atoms with van der Waals surface area (Å²) in [5, 5.41) is 8.53. The topological polar surface area (TPSA) is 92.7 Å². The van der Waals surface area contributed by atoms with Crippen LogP contribution < -0.4 is 4.72 Å². The molecular formula is C12H13Cl2NO5S. The number of methoxy groups -OCH3 is 1. The van der Waals surface area contributed by atoms with Crippen LogP contribution in [0, 0.1) is 0 Å². The van der Waals surface area contributed by atoms with Gasteiger partial charge in [0, 0.05) is 13.2 Å². The molecule has 0 atom stereocenters. The Bertz CT molecular complexity index is 670. The van der Waals surface area contributed by atoms with Crippen LogP contribution in [0.3, 0.4) is 0 Å². The average molecular weight is 354 g/mol. The number of carboxylic acid groups (broad SMARTS) is 1. The minimum Gasteiger partial charge on any atom is -0.478 e. The molecule has 0 aliphatic heterocycles. The van der Waals surface area contributed by atoms with Gasteiger partial charge in [0.05, 0.1) is 21.7 Å². The number of sulfonamides is 1. The minimum atomic E-state index is -3.91. The van der Waals surface area contributed by atoms with E-state index in [1.54, 1.807) is 7.11 Å². The first kappa shape index (κ1) is 16.5. The van der Waals surface area contributed by atoms with Crippen LogP contribution in [0.25, 0.3) is 0 Å². The Morgan fingerprint density at radius 1 is 1.38 bits per heavy atom. The van der Waals surface area contributed by atoms with Crippen molar-refractivity contribution in [3.05, 3.63) is 27.7 Å². The monoisotopic (exact) mass is 353 g/mol. The number of benzene rings is 1. The molecule has 0 radical (unpaired) electrons. The lowest BCUT2D eigenvalue weighted by Crippen LogP contribution is -2.47. The quantitative estimate of drug-likeness (QED) is 0.845. The summed E-state index contributed by atoms with van der Waals surface area (Å²) < 4.78 is 32.1. The zero-order chi connectivity index (χ0) is 15.8. The summed E-state index contributed by atoms with van der Waals surface area (Å²) in [6.45, 7) is 0. The van der Waals surface area contributed by atoms with Crippen LogP contribution in [0.15, 0.2) is 17.0 Å². The van der Waals surface area contributed by atoms with Crippen LogP contribution in [0.2, 0.25) is 10.0 Å². The Morgan fingerprint density at radius 2 is 2.00 bits per heavy atom. The van der Waals surface area contributed by atoms with Gasteiger partial charge >= 0.3 is 5.97 Å². The summed E-state index contributed by atoms with van der Waals surface area (Å²) in [7, 11) is -2.35. The second-order valence-corrected chi connectivity index (χ2v) is 7.15. The van der Waals surface area contributed by atoms with Gasteiger partial charge in [0.25, 0.3) is 0 Å². The number of aromatic carboxylic acids is 1. The van der Waals surface area contributed by atoms with Crippen molar-refractivity contribution in [3.63, 3.8) is 0 Å². The lowest BCUT2D eigenvalue weighted by molar-refractivity contribution is 0.0236. The highest BCUT2D eigenvalue weighted by Crippen LogP contribution is 2.32. The van der Waals surface area contributed by atoms with Crippen molar-refractivity contribution in [3.8, 4) is 0 Å². The summed E-state index contributed by atoms with van der Waals surface area (Å²) in [5.74, 6) is -1.38. The first-order valence-corrected chi connectivity index (χ1v) is 8.26. The molecular weight excluding hydrogens is 341 g/mol. The van der Waals surface area contributed by atoms with E-state index in [9.17, 15) is 13.2 Å². The van der Waals surface area contributed by atoms with Gasteiger partial charge in [0.2, 0.25) is 10.0 Å². The van der Waals surface area contributed by atoms with E-state index in [2.05, 4.69) is 4.72 Å².